The van der Waals surface area contributed by atoms with Crippen LogP contribution in [0.15, 0.2) is 35.1 Å². The van der Waals surface area contributed by atoms with Crippen molar-refractivity contribution in [3.8, 4) is 0 Å². The van der Waals surface area contributed by atoms with Crippen LogP contribution in [-0.2, 0) is 41.9 Å². The molecule has 0 N–H and O–H groups in total. The van der Waals surface area contributed by atoms with Crippen LogP contribution >= 0.6 is 0 Å². The zero-order chi connectivity index (χ0) is 19.8. The van der Waals surface area contributed by atoms with Crippen LogP contribution in [0.4, 0.5) is 0 Å². The summed E-state index contributed by atoms with van der Waals surface area (Å²) >= 11 is 0. The smallest absolute Gasteiger partial charge is 0.267 e. The van der Waals surface area contributed by atoms with Crippen LogP contribution in [0.5, 0.6) is 0 Å². The molecule has 1 atom stereocenters. The fourth-order valence-electron chi connectivity index (χ4n) is 4.86. The van der Waals surface area contributed by atoms with E-state index in [-0.39, 0.29) is 17.6 Å². The number of rotatable bonds is 3. The van der Waals surface area contributed by atoms with Gasteiger partial charge in [-0.2, -0.15) is 5.10 Å². The Hall–Kier alpha value is -2.47. The van der Waals surface area contributed by atoms with Crippen LogP contribution in [0.25, 0.3) is 0 Å². The van der Waals surface area contributed by atoms with E-state index in [0.717, 1.165) is 56.5 Å². The number of aryl methyl sites for hydroxylation is 2. The molecule has 1 aliphatic carbocycles. The van der Waals surface area contributed by atoms with Gasteiger partial charge in [-0.1, -0.05) is 24.3 Å². The van der Waals surface area contributed by atoms with Crippen LogP contribution in [0.2, 0.25) is 0 Å². The lowest BCUT2D eigenvalue weighted by molar-refractivity contribution is -0.147. The highest BCUT2D eigenvalue weighted by atomic mass is 16.5. The van der Waals surface area contributed by atoms with Crippen LogP contribution in [-0.4, -0.2) is 39.8 Å². The van der Waals surface area contributed by atoms with Gasteiger partial charge in [-0.05, 0) is 54.7 Å². The monoisotopic (exact) mass is 393 g/mol. The number of hydrogen-bond donors (Lipinski definition) is 0. The fourth-order valence-corrected chi connectivity index (χ4v) is 4.86. The van der Waals surface area contributed by atoms with E-state index in [2.05, 4.69) is 17.2 Å². The number of nitrogens with zero attached hydrogens (tertiary/aromatic N) is 3. The maximum atomic E-state index is 12.9. The van der Waals surface area contributed by atoms with Crippen molar-refractivity contribution in [2.75, 3.05) is 13.1 Å². The number of carbonyl (C=O) groups excluding carboxylic acids is 1. The Balaban J connectivity index is 1.18. The fraction of sp³-hybridized carbons (Fsp3) is 0.522. The number of benzene rings is 1. The van der Waals surface area contributed by atoms with Gasteiger partial charge >= 0.3 is 0 Å². The van der Waals surface area contributed by atoms with Gasteiger partial charge in [0, 0.05) is 32.1 Å². The number of fused-ring (bicyclic) bond motifs is 2. The molecule has 29 heavy (non-hydrogen) atoms. The molecular formula is C23H27N3O3. The molecule has 1 unspecified atom stereocenters. The van der Waals surface area contributed by atoms with E-state index < -0.39 is 0 Å². The van der Waals surface area contributed by atoms with E-state index in [1.54, 1.807) is 10.7 Å². The summed E-state index contributed by atoms with van der Waals surface area (Å²) in [6.07, 6.45) is 5.14. The highest BCUT2D eigenvalue weighted by Crippen LogP contribution is 2.25. The Labute approximate surface area is 170 Å². The molecule has 6 heteroatoms. The second kappa shape index (κ2) is 7.75. The minimum Gasteiger partial charge on any atom is -0.363 e. The largest absolute Gasteiger partial charge is 0.363 e. The Morgan fingerprint density at radius 2 is 1.90 bits per heavy atom. The molecule has 3 aliphatic rings. The minimum absolute atomic E-state index is 0.0124. The van der Waals surface area contributed by atoms with Crippen molar-refractivity contribution in [1.82, 2.24) is 14.7 Å². The Morgan fingerprint density at radius 1 is 1.10 bits per heavy atom. The van der Waals surface area contributed by atoms with Gasteiger partial charge in [0.25, 0.3) is 11.5 Å². The summed E-state index contributed by atoms with van der Waals surface area (Å²) in [4.78, 5) is 27.2. The lowest BCUT2D eigenvalue weighted by atomic mass is 9.95. The van der Waals surface area contributed by atoms with E-state index in [4.69, 9.17) is 4.74 Å². The van der Waals surface area contributed by atoms with Gasteiger partial charge < -0.3 is 9.64 Å². The third-order valence-electron chi connectivity index (χ3n) is 6.62. The first-order chi connectivity index (χ1) is 14.2. The van der Waals surface area contributed by atoms with E-state index in [0.29, 0.717) is 25.5 Å². The SMILES string of the molecule is O=C(C1Cc2ccccc2CO1)N1CCC(Cn2nc3c(cc2=O)CCC3)CC1. The molecule has 2 aromatic rings. The Bertz CT molecular complexity index is 976. The van der Waals surface area contributed by atoms with Gasteiger partial charge in [0.05, 0.1) is 12.3 Å². The first-order valence-corrected chi connectivity index (χ1v) is 10.7. The van der Waals surface area contributed by atoms with Gasteiger partial charge in [-0.15, -0.1) is 0 Å². The van der Waals surface area contributed by atoms with Crippen molar-refractivity contribution >= 4 is 5.91 Å². The quantitative estimate of drug-likeness (QED) is 0.801. The average Bonchev–Trinajstić information content (AvgIpc) is 3.21. The Kier molecular flexibility index (Phi) is 4.96. The van der Waals surface area contributed by atoms with Crippen molar-refractivity contribution in [3.05, 3.63) is 63.1 Å². The third-order valence-corrected chi connectivity index (χ3v) is 6.62. The molecule has 3 heterocycles. The summed E-state index contributed by atoms with van der Waals surface area (Å²) in [6.45, 7) is 2.62. The molecule has 1 amide bonds. The molecule has 0 spiro atoms. The summed E-state index contributed by atoms with van der Waals surface area (Å²) in [5, 5.41) is 4.60. The standard InChI is InChI=1S/C23H27N3O3/c27-22-13-18-6-3-7-20(18)24-26(22)14-16-8-10-25(11-9-16)23(28)21-12-17-4-1-2-5-19(17)15-29-21/h1-2,4-5,13,16,21H,3,6-12,14-15H2. The molecule has 1 saturated heterocycles. The normalized spacial score (nSPS) is 21.7. The summed E-state index contributed by atoms with van der Waals surface area (Å²) in [7, 11) is 0. The van der Waals surface area contributed by atoms with Crippen LogP contribution < -0.4 is 5.56 Å². The predicted molar refractivity (Wildman–Crippen MR) is 109 cm³/mol. The Morgan fingerprint density at radius 3 is 2.72 bits per heavy atom. The van der Waals surface area contributed by atoms with Crippen LogP contribution in [0.1, 0.15) is 41.6 Å². The van der Waals surface area contributed by atoms with Gasteiger partial charge in [-0.3, -0.25) is 9.59 Å². The molecule has 1 aromatic heterocycles. The predicted octanol–water partition coefficient (Wildman–Crippen LogP) is 2.11. The van der Waals surface area contributed by atoms with Crippen molar-refractivity contribution in [2.45, 2.75) is 57.8 Å². The summed E-state index contributed by atoms with van der Waals surface area (Å²) in [5.74, 6) is 0.488. The van der Waals surface area contributed by atoms with Crippen molar-refractivity contribution in [3.63, 3.8) is 0 Å². The van der Waals surface area contributed by atoms with E-state index in [9.17, 15) is 9.59 Å². The summed E-state index contributed by atoms with van der Waals surface area (Å²) < 4.78 is 7.50. The number of aromatic nitrogens is 2. The zero-order valence-corrected chi connectivity index (χ0v) is 16.7. The number of ether oxygens (including phenoxy) is 1. The molecule has 6 nitrogen and oxygen atoms in total. The molecule has 1 fully saturated rings. The average molecular weight is 393 g/mol. The van der Waals surface area contributed by atoms with Crippen molar-refractivity contribution < 1.29 is 9.53 Å². The second-order valence-electron chi connectivity index (χ2n) is 8.53. The van der Waals surface area contributed by atoms with Gasteiger partial charge in [0.15, 0.2) is 0 Å². The van der Waals surface area contributed by atoms with Gasteiger partial charge in [0.2, 0.25) is 0 Å². The van der Waals surface area contributed by atoms with Gasteiger partial charge in [0.1, 0.15) is 6.10 Å². The van der Waals surface area contributed by atoms with Crippen molar-refractivity contribution in [1.29, 1.82) is 0 Å². The maximum absolute atomic E-state index is 12.9. The lowest BCUT2D eigenvalue weighted by Gasteiger charge is -2.35. The summed E-state index contributed by atoms with van der Waals surface area (Å²) in [6, 6.07) is 9.96. The van der Waals surface area contributed by atoms with E-state index in [1.165, 1.54) is 11.1 Å². The highest BCUT2D eigenvalue weighted by molar-refractivity contribution is 5.81. The number of amides is 1. The molecule has 0 bridgehead atoms. The van der Waals surface area contributed by atoms with Gasteiger partial charge in [-0.25, -0.2) is 4.68 Å². The summed E-state index contributed by atoms with van der Waals surface area (Å²) in [5.41, 5.74) is 4.63. The molecule has 152 valence electrons. The first kappa shape index (κ1) is 18.6. The third kappa shape index (κ3) is 3.73. The topological polar surface area (TPSA) is 64.4 Å². The maximum Gasteiger partial charge on any atom is 0.267 e. The zero-order valence-electron chi connectivity index (χ0n) is 16.7. The van der Waals surface area contributed by atoms with E-state index >= 15 is 0 Å². The molecule has 0 saturated carbocycles. The van der Waals surface area contributed by atoms with Crippen LogP contribution in [0, 0.1) is 5.92 Å². The number of hydrogen-bond acceptors (Lipinski definition) is 4. The molecule has 5 rings (SSSR count). The lowest BCUT2D eigenvalue weighted by Crippen LogP contribution is -2.47. The molecule has 1 aromatic carbocycles. The van der Waals surface area contributed by atoms with Crippen molar-refractivity contribution in [2.24, 2.45) is 5.92 Å². The molecular weight excluding hydrogens is 366 g/mol. The molecule has 0 radical (unpaired) electrons. The van der Waals surface area contributed by atoms with Crippen LogP contribution in [0.3, 0.4) is 0 Å². The number of carbonyl (C=O) groups is 1. The highest BCUT2D eigenvalue weighted by Gasteiger charge is 2.31. The number of likely N-dealkylation sites (tertiary alicyclic amines) is 1. The second-order valence-corrected chi connectivity index (χ2v) is 8.53. The van der Waals surface area contributed by atoms with E-state index in [1.807, 2.05) is 17.0 Å². The molecule has 2 aliphatic heterocycles. The first-order valence-electron chi connectivity index (χ1n) is 10.7. The number of piperidine rings is 1. The minimum atomic E-state index is -0.373.